The van der Waals surface area contributed by atoms with Gasteiger partial charge in [-0.1, -0.05) is 74.0 Å². The Kier molecular flexibility index (Phi) is 5.86. The molecular weight excluding hydrogens is 440 g/mol. The molecule has 2 heterocycles. The number of aryl methyl sites for hydroxylation is 1. The molecule has 35 heavy (non-hydrogen) atoms. The lowest BCUT2D eigenvalue weighted by Crippen LogP contribution is -2.13. The minimum Gasteiger partial charge on any atom is -0.478 e. The van der Waals surface area contributed by atoms with E-state index in [9.17, 15) is 20.3 Å². The summed E-state index contributed by atoms with van der Waals surface area (Å²) in [6, 6.07) is 24.2. The molecule has 6 heteroatoms. The second-order valence-electron chi connectivity index (χ2n) is 8.53. The minimum atomic E-state index is -1.13. The van der Waals surface area contributed by atoms with Crippen molar-refractivity contribution in [3.8, 4) is 17.2 Å². The van der Waals surface area contributed by atoms with Crippen LogP contribution < -0.4 is 0 Å². The van der Waals surface area contributed by atoms with E-state index in [2.05, 4.69) is 13.0 Å². The number of nitrogens with zero attached hydrogens (tertiary/aromatic N) is 2. The third-order valence-corrected chi connectivity index (χ3v) is 6.43. The van der Waals surface area contributed by atoms with Crippen LogP contribution in [0.1, 0.15) is 53.2 Å². The van der Waals surface area contributed by atoms with Gasteiger partial charge >= 0.3 is 5.97 Å². The Morgan fingerprint density at radius 1 is 1.03 bits per heavy atom. The van der Waals surface area contributed by atoms with Gasteiger partial charge in [-0.25, -0.2) is 4.79 Å². The largest absolute Gasteiger partial charge is 0.478 e. The summed E-state index contributed by atoms with van der Waals surface area (Å²) < 4.78 is 7.63. The monoisotopic (exact) mass is 464 g/mol. The van der Waals surface area contributed by atoms with Crippen molar-refractivity contribution >= 4 is 27.8 Å². The summed E-state index contributed by atoms with van der Waals surface area (Å²) >= 11 is 0. The first-order chi connectivity index (χ1) is 17.0. The van der Waals surface area contributed by atoms with Crippen LogP contribution in [0.5, 0.6) is 0 Å². The number of carboxylic acids is 1. The Balaban J connectivity index is 1.62. The fourth-order valence-corrected chi connectivity index (χ4v) is 4.79. The van der Waals surface area contributed by atoms with E-state index >= 15 is 0 Å². The van der Waals surface area contributed by atoms with E-state index in [1.807, 2.05) is 59.2 Å². The number of benzene rings is 3. The summed E-state index contributed by atoms with van der Waals surface area (Å²) in [5.74, 6) is -0.835. The Morgan fingerprint density at radius 2 is 1.71 bits per heavy atom. The number of fused-ring (bicyclic) bond motifs is 2. The summed E-state index contributed by atoms with van der Waals surface area (Å²) in [6.45, 7) is 2.69. The van der Waals surface area contributed by atoms with E-state index in [0.29, 0.717) is 34.3 Å². The highest BCUT2D eigenvalue weighted by Crippen LogP contribution is 2.37. The number of hydrogen-bond acceptors (Lipinski definition) is 4. The van der Waals surface area contributed by atoms with Gasteiger partial charge in [0.15, 0.2) is 0 Å². The molecule has 2 aromatic heterocycles. The van der Waals surface area contributed by atoms with E-state index in [4.69, 9.17) is 4.42 Å². The van der Waals surface area contributed by atoms with Gasteiger partial charge in [0.25, 0.3) is 0 Å². The van der Waals surface area contributed by atoms with Crippen LogP contribution in [-0.2, 0) is 6.54 Å². The number of para-hydroxylation sites is 2. The molecule has 3 aromatic carbocycles. The van der Waals surface area contributed by atoms with Gasteiger partial charge in [-0.2, -0.15) is 5.26 Å². The Morgan fingerprint density at radius 3 is 2.40 bits per heavy atom. The van der Waals surface area contributed by atoms with E-state index in [0.717, 1.165) is 29.3 Å². The number of aromatic nitrogens is 1. The summed E-state index contributed by atoms with van der Waals surface area (Å²) in [5.41, 5.74) is 4.00. The highest BCUT2D eigenvalue weighted by atomic mass is 16.4. The lowest BCUT2D eigenvalue weighted by atomic mass is 9.97. The molecule has 2 N–H and O–H groups in total. The maximum atomic E-state index is 12.3. The van der Waals surface area contributed by atoms with E-state index in [1.54, 1.807) is 18.2 Å². The first-order valence-electron chi connectivity index (χ1n) is 11.6. The first kappa shape index (κ1) is 22.5. The Labute approximate surface area is 202 Å². The summed E-state index contributed by atoms with van der Waals surface area (Å²) in [5, 5.41) is 32.5. The normalized spacial score (nSPS) is 12.1. The number of carbonyl (C=O) groups is 1. The van der Waals surface area contributed by atoms with Crippen LogP contribution in [0.15, 0.2) is 77.2 Å². The van der Waals surface area contributed by atoms with Crippen LogP contribution in [0, 0.1) is 11.3 Å². The molecule has 0 bridgehead atoms. The molecule has 174 valence electrons. The molecule has 0 aliphatic rings. The average Bonchev–Trinajstić information content (AvgIpc) is 3.43. The van der Waals surface area contributed by atoms with Crippen molar-refractivity contribution in [3.05, 3.63) is 95.4 Å². The van der Waals surface area contributed by atoms with Gasteiger partial charge in [0.2, 0.25) is 5.76 Å². The third kappa shape index (κ3) is 3.76. The number of hydrogen-bond donors (Lipinski definition) is 2. The Hall–Kier alpha value is -4.34. The van der Waals surface area contributed by atoms with Gasteiger partial charge in [0, 0.05) is 28.4 Å². The fraction of sp³-hybridized carbons (Fsp3) is 0.172. The predicted octanol–water partition coefficient (Wildman–Crippen LogP) is 6.51. The average molecular weight is 465 g/mol. The van der Waals surface area contributed by atoms with Gasteiger partial charge in [-0.3, -0.25) is 0 Å². The molecule has 0 aliphatic heterocycles. The molecule has 0 amide bonds. The maximum absolute atomic E-state index is 12.3. The predicted molar refractivity (Wildman–Crippen MR) is 134 cm³/mol. The number of nitriles is 1. The van der Waals surface area contributed by atoms with Gasteiger partial charge in [-0.15, -0.1) is 0 Å². The highest BCUT2D eigenvalue weighted by molar-refractivity contribution is 6.05. The molecule has 0 saturated carbocycles. The molecular formula is C29H24N2O4. The van der Waals surface area contributed by atoms with Crippen molar-refractivity contribution in [2.45, 2.75) is 32.4 Å². The number of aliphatic hydroxyl groups is 1. The zero-order valence-electron chi connectivity index (χ0n) is 19.2. The summed E-state index contributed by atoms with van der Waals surface area (Å²) in [6.07, 6.45) is 0.677. The van der Waals surface area contributed by atoms with Crippen molar-refractivity contribution in [2.75, 3.05) is 0 Å². The van der Waals surface area contributed by atoms with Crippen molar-refractivity contribution in [3.63, 3.8) is 0 Å². The number of carboxylic acid groups (broad SMARTS) is 1. The molecule has 1 unspecified atom stereocenters. The third-order valence-electron chi connectivity index (χ3n) is 6.43. The number of aliphatic hydroxyl groups excluding tert-OH is 1. The molecule has 0 aliphatic carbocycles. The standard InChI is InChI=1S/C29H24N2O4/c1-2-3-16-31-22-10-6-4-8-20(22)26(29(33)34)27(31)28(32)19-14-12-18(13-15-19)25-21-9-5-7-11-23(21)35-24(25)17-30/h4-15,28,32H,2-3,16H2,1H3,(H,33,34). The molecule has 0 fully saturated rings. The van der Waals surface area contributed by atoms with Gasteiger partial charge in [0.05, 0.1) is 11.3 Å². The fourth-order valence-electron chi connectivity index (χ4n) is 4.79. The van der Waals surface area contributed by atoms with Crippen LogP contribution in [0.3, 0.4) is 0 Å². The van der Waals surface area contributed by atoms with Crippen molar-refractivity contribution < 1.29 is 19.4 Å². The Bertz CT molecular complexity index is 1590. The SMILES string of the molecule is CCCCn1c(C(O)c2ccc(-c3c(C#N)oc4ccccc34)cc2)c(C(=O)O)c2ccccc21. The maximum Gasteiger partial charge on any atom is 0.338 e. The number of rotatable bonds is 7. The lowest BCUT2D eigenvalue weighted by Gasteiger charge is -2.17. The van der Waals surface area contributed by atoms with Gasteiger partial charge < -0.3 is 19.2 Å². The summed E-state index contributed by atoms with van der Waals surface area (Å²) in [4.78, 5) is 12.3. The summed E-state index contributed by atoms with van der Waals surface area (Å²) in [7, 11) is 0. The van der Waals surface area contributed by atoms with E-state index in [-0.39, 0.29) is 11.3 Å². The zero-order chi connectivity index (χ0) is 24.5. The van der Waals surface area contributed by atoms with Crippen molar-refractivity contribution in [2.24, 2.45) is 0 Å². The first-order valence-corrected chi connectivity index (χ1v) is 11.6. The highest BCUT2D eigenvalue weighted by Gasteiger charge is 2.28. The van der Waals surface area contributed by atoms with Crippen molar-refractivity contribution in [1.82, 2.24) is 4.57 Å². The minimum absolute atomic E-state index is 0.126. The van der Waals surface area contributed by atoms with Crippen LogP contribution >= 0.6 is 0 Å². The molecule has 5 aromatic rings. The van der Waals surface area contributed by atoms with E-state index in [1.165, 1.54) is 0 Å². The van der Waals surface area contributed by atoms with Gasteiger partial charge in [0.1, 0.15) is 17.8 Å². The van der Waals surface area contributed by atoms with Crippen LogP contribution in [0.25, 0.3) is 33.0 Å². The van der Waals surface area contributed by atoms with Crippen LogP contribution in [0.4, 0.5) is 0 Å². The topological polar surface area (TPSA) is 99.4 Å². The molecule has 6 nitrogen and oxygen atoms in total. The van der Waals surface area contributed by atoms with Crippen molar-refractivity contribution in [1.29, 1.82) is 5.26 Å². The van der Waals surface area contributed by atoms with Crippen LogP contribution in [0.2, 0.25) is 0 Å². The number of aromatic carboxylic acids is 1. The quantitative estimate of drug-likeness (QED) is 0.286. The zero-order valence-corrected chi connectivity index (χ0v) is 19.2. The molecule has 0 radical (unpaired) electrons. The molecule has 1 atom stereocenters. The molecule has 5 rings (SSSR count). The number of unbranched alkanes of at least 4 members (excludes halogenated alkanes) is 1. The second kappa shape index (κ2) is 9.13. The molecule has 0 saturated heterocycles. The van der Waals surface area contributed by atoms with E-state index < -0.39 is 12.1 Å². The van der Waals surface area contributed by atoms with Crippen LogP contribution in [-0.4, -0.2) is 20.7 Å². The number of furan rings is 1. The lowest BCUT2D eigenvalue weighted by molar-refractivity contribution is 0.0692. The smallest absolute Gasteiger partial charge is 0.338 e. The molecule has 0 spiro atoms. The second-order valence-corrected chi connectivity index (χ2v) is 8.53. The van der Waals surface area contributed by atoms with Gasteiger partial charge in [-0.05, 0) is 29.7 Å².